The van der Waals surface area contributed by atoms with Gasteiger partial charge in [0, 0.05) is 31.5 Å². The normalized spacial score (nSPS) is 18.4. The molecule has 5 nitrogen and oxygen atoms in total. The van der Waals surface area contributed by atoms with Gasteiger partial charge in [-0.1, -0.05) is 13.8 Å². The van der Waals surface area contributed by atoms with Crippen molar-refractivity contribution in [1.29, 1.82) is 0 Å². The lowest BCUT2D eigenvalue weighted by atomic mass is 10.2. The second-order valence-electron chi connectivity index (χ2n) is 5.67. The van der Waals surface area contributed by atoms with Crippen LogP contribution in [0.15, 0.2) is 18.3 Å². The molecular weight excluding hydrogens is 274 g/mol. The summed E-state index contributed by atoms with van der Waals surface area (Å²) in [5.41, 5.74) is 2.06. The molecule has 6 heteroatoms. The van der Waals surface area contributed by atoms with E-state index in [1.807, 2.05) is 12.1 Å². The topological polar surface area (TPSA) is 62.3 Å². The fraction of sp³-hybridized carbons (Fsp3) is 0.643. The lowest BCUT2D eigenvalue weighted by Gasteiger charge is -2.28. The molecular formula is C14H23N3O2S. The number of aromatic nitrogens is 1. The highest BCUT2D eigenvalue weighted by atomic mass is 32.2. The zero-order valence-electron chi connectivity index (χ0n) is 12.2. The molecule has 1 saturated heterocycles. The number of nitrogens with one attached hydrogen (secondary N) is 1. The van der Waals surface area contributed by atoms with Gasteiger partial charge in [0.25, 0.3) is 0 Å². The Morgan fingerprint density at radius 3 is 2.70 bits per heavy atom. The number of sulfone groups is 1. The third-order valence-electron chi connectivity index (χ3n) is 3.37. The van der Waals surface area contributed by atoms with Gasteiger partial charge in [-0.05, 0) is 24.6 Å². The van der Waals surface area contributed by atoms with Gasteiger partial charge in [-0.25, -0.2) is 8.42 Å². The smallest absolute Gasteiger partial charge is 0.153 e. The summed E-state index contributed by atoms with van der Waals surface area (Å²) in [6, 6.07) is 4.00. The minimum Gasteiger partial charge on any atom is -0.369 e. The third-order valence-corrected chi connectivity index (χ3v) is 4.98. The maximum atomic E-state index is 11.5. The van der Waals surface area contributed by atoms with Crippen molar-refractivity contribution in [1.82, 2.24) is 10.3 Å². The number of nitrogens with zero attached hydrogens (tertiary/aromatic N) is 2. The molecule has 0 amide bonds. The van der Waals surface area contributed by atoms with E-state index in [0.717, 1.165) is 24.5 Å². The molecule has 0 radical (unpaired) electrons. The summed E-state index contributed by atoms with van der Waals surface area (Å²) in [6.07, 6.45) is 1.80. The second kappa shape index (κ2) is 6.54. The fourth-order valence-electron chi connectivity index (χ4n) is 2.22. The highest BCUT2D eigenvalue weighted by Crippen LogP contribution is 2.17. The number of hydrogen-bond acceptors (Lipinski definition) is 5. The van der Waals surface area contributed by atoms with Gasteiger partial charge in [-0.15, -0.1) is 0 Å². The molecule has 0 bridgehead atoms. The number of hydrogen-bond donors (Lipinski definition) is 1. The van der Waals surface area contributed by atoms with Crippen LogP contribution in [0.5, 0.6) is 0 Å². The molecule has 1 N–H and O–H groups in total. The average Bonchev–Trinajstić information content (AvgIpc) is 2.38. The van der Waals surface area contributed by atoms with Crippen LogP contribution in [0.1, 0.15) is 19.5 Å². The van der Waals surface area contributed by atoms with Gasteiger partial charge in [-0.3, -0.25) is 4.98 Å². The Morgan fingerprint density at radius 2 is 2.05 bits per heavy atom. The maximum absolute atomic E-state index is 11.5. The predicted octanol–water partition coefficient (Wildman–Crippen LogP) is 1.06. The molecule has 1 aliphatic heterocycles. The van der Waals surface area contributed by atoms with Gasteiger partial charge in [0.05, 0.1) is 17.2 Å². The molecule has 0 aromatic carbocycles. The van der Waals surface area contributed by atoms with Crippen molar-refractivity contribution >= 4 is 15.5 Å². The van der Waals surface area contributed by atoms with Crippen molar-refractivity contribution < 1.29 is 8.42 Å². The van der Waals surface area contributed by atoms with Crippen LogP contribution in [0.3, 0.4) is 0 Å². The van der Waals surface area contributed by atoms with Gasteiger partial charge in [0.1, 0.15) is 0 Å². The standard InChI is InChI=1S/C14H23N3O2S/c1-12(2)10-15-11-13-9-14(3-4-16-13)17-5-7-20(18,19)8-6-17/h3-4,9,12,15H,5-8,10-11H2,1-2H3. The van der Waals surface area contributed by atoms with Gasteiger partial charge in [0.2, 0.25) is 0 Å². The minimum absolute atomic E-state index is 0.246. The van der Waals surface area contributed by atoms with Crippen molar-refractivity contribution in [2.24, 2.45) is 5.92 Å². The number of pyridine rings is 1. The van der Waals surface area contributed by atoms with Crippen LogP contribution in [0.4, 0.5) is 5.69 Å². The first-order valence-electron chi connectivity index (χ1n) is 7.07. The SMILES string of the molecule is CC(C)CNCc1cc(N2CCS(=O)(=O)CC2)ccn1. The summed E-state index contributed by atoms with van der Waals surface area (Å²) < 4.78 is 22.9. The Labute approximate surface area is 121 Å². The lowest BCUT2D eigenvalue weighted by molar-refractivity contribution is 0.548. The van der Waals surface area contributed by atoms with Crippen LogP contribution in [0.25, 0.3) is 0 Å². The Morgan fingerprint density at radius 1 is 1.35 bits per heavy atom. The van der Waals surface area contributed by atoms with Crippen molar-refractivity contribution in [3.8, 4) is 0 Å². The number of rotatable bonds is 5. The lowest BCUT2D eigenvalue weighted by Crippen LogP contribution is -2.40. The quantitative estimate of drug-likeness (QED) is 0.880. The van der Waals surface area contributed by atoms with Gasteiger partial charge < -0.3 is 10.2 Å². The first-order valence-corrected chi connectivity index (χ1v) is 8.89. The first-order chi connectivity index (χ1) is 9.46. The molecule has 2 rings (SSSR count). The highest BCUT2D eigenvalue weighted by molar-refractivity contribution is 7.91. The van der Waals surface area contributed by atoms with E-state index in [9.17, 15) is 8.42 Å². The monoisotopic (exact) mass is 297 g/mol. The minimum atomic E-state index is -2.83. The van der Waals surface area contributed by atoms with Gasteiger partial charge in [0.15, 0.2) is 9.84 Å². The molecule has 1 aromatic rings. The largest absolute Gasteiger partial charge is 0.369 e. The van der Waals surface area contributed by atoms with Crippen molar-refractivity contribution in [2.45, 2.75) is 20.4 Å². The van der Waals surface area contributed by atoms with E-state index in [0.29, 0.717) is 19.0 Å². The fourth-order valence-corrected chi connectivity index (χ4v) is 3.42. The van der Waals surface area contributed by atoms with Crippen LogP contribution in [-0.2, 0) is 16.4 Å². The molecule has 1 aliphatic rings. The van der Waals surface area contributed by atoms with E-state index >= 15 is 0 Å². The number of anilines is 1. The van der Waals surface area contributed by atoms with Crippen LogP contribution in [-0.4, -0.2) is 44.5 Å². The maximum Gasteiger partial charge on any atom is 0.153 e. The summed E-state index contributed by atoms with van der Waals surface area (Å²) in [6.45, 7) is 7.21. The van der Waals surface area contributed by atoms with E-state index in [4.69, 9.17) is 0 Å². The summed E-state index contributed by atoms with van der Waals surface area (Å²) in [5, 5.41) is 3.37. The van der Waals surface area contributed by atoms with Gasteiger partial charge >= 0.3 is 0 Å². The summed E-state index contributed by atoms with van der Waals surface area (Å²) in [5.74, 6) is 1.11. The molecule has 0 aliphatic carbocycles. The van der Waals surface area contributed by atoms with E-state index in [1.165, 1.54) is 0 Å². The second-order valence-corrected chi connectivity index (χ2v) is 7.97. The van der Waals surface area contributed by atoms with Crippen LogP contribution in [0, 0.1) is 5.92 Å². The Balaban J connectivity index is 1.96. The molecule has 1 aromatic heterocycles. The average molecular weight is 297 g/mol. The van der Waals surface area contributed by atoms with Crippen molar-refractivity contribution in [3.63, 3.8) is 0 Å². The summed E-state index contributed by atoms with van der Waals surface area (Å²) in [7, 11) is -2.83. The van der Waals surface area contributed by atoms with Gasteiger partial charge in [-0.2, -0.15) is 0 Å². The molecule has 20 heavy (non-hydrogen) atoms. The Bertz CT molecular complexity index is 529. The summed E-state index contributed by atoms with van der Waals surface area (Å²) >= 11 is 0. The molecule has 1 fully saturated rings. The van der Waals surface area contributed by atoms with E-state index in [2.05, 4.69) is 29.0 Å². The molecule has 2 heterocycles. The van der Waals surface area contributed by atoms with E-state index in [1.54, 1.807) is 6.20 Å². The third kappa shape index (κ3) is 4.45. The summed E-state index contributed by atoms with van der Waals surface area (Å²) in [4.78, 5) is 6.47. The predicted molar refractivity (Wildman–Crippen MR) is 81.6 cm³/mol. The van der Waals surface area contributed by atoms with Crippen molar-refractivity contribution in [2.75, 3.05) is 36.0 Å². The zero-order chi connectivity index (χ0) is 14.6. The highest BCUT2D eigenvalue weighted by Gasteiger charge is 2.21. The van der Waals surface area contributed by atoms with E-state index in [-0.39, 0.29) is 11.5 Å². The molecule has 0 saturated carbocycles. The van der Waals surface area contributed by atoms with Crippen LogP contribution < -0.4 is 10.2 Å². The zero-order valence-corrected chi connectivity index (χ0v) is 13.0. The molecule has 112 valence electrons. The van der Waals surface area contributed by atoms with Crippen LogP contribution >= 0.6 is 0 Å². The molecule has 0 atom stereocenters. The molecule has 0 spiro atoms. The Kier molecular flexibility index (Phi) is 4.99. The first kappa shape index (κ1) is 15.3. The van der Waals surface area contributed by atoms with Crippen molar-refractivity contribution in [3.05, 3.63) is 24.0 Å². The van der Waals surface area contributed by atoms with Crippen LogP contribution in [0.2, 0.25) is 0 Å². The Hall–Kier alpha value is -1.14. The molecule has 0 unspecified atom stereocenters. The van der Waals surface area contributed by atoms with E-state index < -0.39 is 9.84 Å².